The van der Waals surface area contributed by atoms with Crippen LogP contribution < -0.4 is 11.5 Å². The first-order chi connectivity index (χ1) is 11.2. The lowest BCUT2D eigenvalue weighted by Gasteiger charge is -2.20. The smallest absolute Gasteiger partial charge is 0.118 e. The van der Waals surface area contributed by atoms with Crippen LogP contribution in [0.2, 0.25) is 20.1 Å². The van der Waals surface area contributed by atoms with Gasteiger partial charge in [0.1, 0.15) is 11.5 Å². The number of rotatable bonds is 5. The summed E-state index contributed by atoms with van der Waals surface area (Å²) >= 11 is 24.4. The molecule has 2 rings (SSSR count). The fourth-order valence-electron chi connectivity index (χ4n) is 2.50. The van der Waals surface area contributed by atoms with E-state index in [4.69, 9.17) is 57.9 Å². The maximum absolute atomic E-state index is 9.47. The largest absolute Gasteiger partial charge is 0.508 e. The van der Waals surface area contributed by atoms with E-state index < -0.39 is 12.1 Å². The summed E-state index contributed by atoms with van der Waals surface area (Å²) in [5, 5.41) is 20.1. The first-order valence-corrected chi connectivity index (χ1v) is 8.58. The van der Waals surface area contributed by atoms with Crippen LogP contribution in [0.25, 0.3) is 0 Å². The number of halogens is 4. The Labute approximate surface area is 159 Å². The van der Waals surface area contributed by atoms with Gasteiger partial charge in [0, 0.05) is 23.2 Å². The lowest BCUT2D eigenvalue weighted by Crippen LogP contribution is -2.17. The average Bonchev–Trinajstić information content (AvgIpc) is 2.42. The Hall–Kier alpha value is -0.880. The Bertz CT molecular complexity index is 645. The third kappa shape index (κ3) is 4.39. The predicted octanol–water partition coefficient (Wildman–Crippen LogP) is 5.19. The van der Waals surface area contributed by atoms with Crippen LogP contribution >= 0.6 is 46.4 Å². The van der Waals surface area contributed by atoms with Gasteiger partial charge in [0.05, 0.1) is 20.1 Å². The molecular formula is C16H16Cl4N2O2. The van der Waals surface area contributed by atoms with E-state index in [9.17, 15) is 10.2 Å². The molecule has 0 fully saturated rings. The molecule has 0 aliphatic carbocycles. The Morgan fingerprint density at radius 1 is 0.667 bits per heavy atom. The van der Waals surface area contributed by atoms with E-state index in [0.717, 1.165) is 0 Å². The summed E-state index contributed by atoms with van der Waals surface area (Å²) < 4.78 is 0. The van der Waals surface area contributed by atoms with Crippen molar-refractivity contribution in [1.82, 2.24) is 0 Å². The first-order valence-electron chi connectivity index (χ1n) is 7.07. The summed E-state index contributed by atoms with van der Waals surface area (Å²) in [5.41, 5.74) is 13.4. The molecule has 6 N–H and O–H groups in total. The van der Waals surface area contributed by atoms with E-state index >= 15 is 0 Å². The van der Waals surface area contributed by atoms with Gasteiger partial charge in [-0.3, -0.25) is 0 Å². The average molecular weight is 410 g/mol. The maximum Gasteiger partial charge on any atom is 0.118 e. The predicted molar refractivity (Wildman–Crippen MR) is 99.3 cm³/mol. The third-order valence-corrected chi connectivity index (χ3v) is 4.91. The summed E-state index contributed by atoms with van der Waals surface area (Å²) in [5.74, 6) is -0.0550. The molecule has 4 nitrogen and oxygen atoms in total. The van der Waals surface area contributed by atoms with Crippen molar-refractivity contribution < 1.29 is 10.2 Å². The summed E-state index contributed by atoms with van der Waals surface area (Å²) in [6.45, 7) is 0. The third-order valence-electron chi connectivity index (χ3n) is 3.66. The van der Waals surface area contributed by atoms with Crippen LogP contribution in [0.15, 0.2) is 24.3 Å². The second kappa shape index (κ2) is 8.00. The van der Waals surface area contributed by atoms with Gasteiger partial charge in [-0.1, -0.05) is 46.4 Å². The van der Waals surface area contributed by atoms with Crippen LogP contribution in [0, 0.1) is 0 Å². The van der Waals surface area contributed by atoms with E-state index in [1.807, 2.05) is 0 Å². The molecule has 0 aliphatic rings. The normalized spacial score (nSPS) is 13.8. The van der Waals surface area contributed by atoms with Crippen molar-refractivity contribution in [2.45, 2.75) is 24.9 Å². The van der Waals surface area contributed by atoms with Gasteiger partial charge in [0.15, 0.2) is 0 Å². The standard InChI is InChI=1S/C16H16Cl4N2O2/c17-9-3-7(23)4-10(18)15(9)13(21)1-2-14(22)16-11(19)5-8(24)6-12(16)20/h3-6,13-14,23-24H,1-2,21-22H2. The molecule has 2 unspecified atom stereocenters. The minimum Gasteiger partial charge on any atom is -0.508 e. The van der Waals surface area contributed by atoms with Crippen LogP contribution in [0.1, 0.15) is 36.1 Å². The van der Waals surface area contributed by atoms with Crippen LogP contribution in [-0.2, 0) is 0 Å². The molecule has 2 aromatic rings. The van der Waals surface area contributed by atoms with E-state index in [-0.39, 0.29) is 11.5 Å². The summed E-state index contributed by atoms with van der Waals surface area (Å²) in [4.78, 5) is 0. The lowest BCUT2D eigenvalue weighted by molar-refractivity contribution is 0.473. The second-order valence-corrected chi connectivity index (χ2v) is 7.07. The van der Waals surface area contributed by atoms with Gasteiger partial charge >= 0.3 is 0 Å². The Morgan fingerprint density at radius 2 is 0.917 bits per heavy atom. The van der Waals surface area contributed by atoms with Crippen LogP contribution in [0.5, 0.6) is 11.5 Å². The fourth-order valence-corrected chi connectivity index (χ4v) is 4.01. The number of phenols is 2. The van der Waals surface area contributed by atoms with Crippen molar-refractivity contribution in [2.24, 2.45) is 11.5 Å². The Balaban J connectivity index is 2.14. The number of nitrogens with two attached hydrogens (primary N) is 2. The van der Waals surface area contributed by atoms with E-state index in [1.54, 1.807) is 0 Å². The van der Waals surface area contributed by atoms with Gasteiger partial charge in [0.2, 0.25) is 0 Å². The van der Waals surface area contributed by atoms with Gasteiger partial charge in [0.25, 0.3) is 0 Å². The number of hydrogen-bond donors (Lipinski definition) is 4. The molecule has 2 atom stereocenters. The minimum absolute atomic E-state index is 0.0275. The van der Waals surface area contributed by atoms with E-state index in [0.29, 0.717) is 44.1 Å². The van der Waals surface area contributed by atoms with Crippen LogP contribution in [0.4, 0.5) is 0 Å². The molecule has 0 aliphatic heterocycles. The molecule has 0 spiro atoms. The van der Waals surface area contributed by atoms with Crippen molar-refractivity contribution in [1.29, 1.82) is 0 Å². The molecule has 8 heteroatoms. The summed E-state index contributed by atoms with van der Waals surface area (Å²) in [6.07, 6.45) is 0.942. The van der Waals surface area contributed by atoms with Crippen molar-refractivity contribution in [3.63, 3.8) is 0 Å². The Kier molecular flexibility index (Phi) is 6.48. The molecule has 24 heavy (non-hydrogen) atoms. The van der Waals surface area contributed by atoms with Crippen molar-refractivity contribution in [3.8, 4) is 11.5 Å². The molecule has 0 saturated heterocycles. The lowest BCUT2D eigenvalue weighted by atomic mass is 9.96. The van der Waals surface area contributed by atoms with Gasteiger partial charge < -0.3 is 21.7 Å². The molecule has 0 aromatic heterocycles. The van der Waals surface area contributed by atoms with Crippen LogP contribution in [0.3, 0.4) is 0 Å². The molecule has 0 saturated carbocycles. The van der Waals surface area contributed by atoms with Crippen molar-refractivity contribution in [3.05, 3.63) is 55.5 Å². The van der Waals surface area contributed by atoms with Gasteiger partial charge in [-0.25, -0.2) is 0 Å². The van der Waals surface area contributed by atoms with Crippen LogP contribution in [-0.4, -0.2) is 10.2 Å². The zero-order valence-corrected chi connectivity index (χ0v) is 15.5. The molecule has 2 aromatic carbocycles. The van der Waals surface area contributed by atoms with E-state index in [2.05, 4.69) is 0 Å². The monoisotopic (exact) mass is 408 g/mol. The second-order valence-electron chi connectivity index (χ2n) is 5.44. The van der Waals surface area contributed by atoms with Crippen molar-refractivity contribution in [2.75, 3.05) is 0 Å². The zero-order valence-electron chi connectivity index (χ0n) is 12.4. The topological polar surface area (TPSA) is 92.5 Å². The summed E-state index contributed by atoms with van der Waals surface area (Å²) in [6, 6.07) is 4.61. The highest BCUT2D eigenvalue weighted by Crippen LogP contribution is 2.38. The number of aromatic hydroxyl groups is 2. The molecular weight excluding hydrogens is 394 g/mol. The van der Waals surface area contributed by atoms with E-state index in [1.165, 1.54) is 24.3 Å². The molecule has 0 bridgehead atoms. The molecule has 0 radical (unpaired) electrons. The maximum atomic E-state index is 9.47. The molecule has 0 heterocycles. The highest BCUT2D eigenvalue weighted by molar-refractivity contribution is 6.36. The zero-order chi connectivity index (χ0) is 18.0. The first kappa shape index (κ1) is 19.4. The highest BCUT2D eigenvalue weighted by Gasteiger charge is 2.20. The van der Waals surface area contributed by atoms with Crippen molar-refractivity contribution >= 4 is 46.4 Å². The highest BCUT2D eigenvalue weighted by atomic mass is 35.5. The molecule has 0 amide bonds. The van der Waals surface area contributed by atoms with Gasteiger partial charge in [-0.15, -0.1) is 0 Å². The quantitative estimate of drug-likeness (QED) is 0.546. The number of benzene rings is 2. The van der Waals surface area contributed by atoms with Gasteiger partial charge in [-0.2, -0.15) is 0 Å². The fraction of sp³-hybridized carbons (Fsp3) is 0.250. The number of hydrogen-bond acceptors (Lipinski definition) is 4. The van der Waals surface area contributed by atoms with Gasteiger partial charge in [-0.05, 0) is 37.1 Å². The number of phenolic OH excluding ortho intramolecular Hbond substituents is 2. The summed E-state index contributed by atoms with van der Waals surface area (Å²) in [7, 11) is 0. The SMILES string of the molecule is NC(CCC(N)c1c(Cl)cc(O)cc1Cl)c1c(Cl)cc(O)cc1Cl. The molecule has 130 valence electrons. The Morgan fingerprint density at radius 3 is 1.17 bits per heavy atom. The minimum atomic E-state index is -0.466.